The fraction of sp³-hybridized carbons (Fsp3) is 0.160. The minimum absolute atomic E-state index is 0.155. The van der Waals surface area contributed by atoms with Crippen molar-refractivity contribution in [2.45, 2.75) is 6.54 Å². The highest BCUT2D eigenvalue weighted by Crippen LogP contribution is 2.33. The summed E-state index contributed by atoms with van der Waals surface area (Å²) >= 11 is 1.35. The lowest BCUT2D eigenvalue weighted by atomic mass is 10.0. The summed E-state index contributed by atoms with van der Waals surface area (Å²) in [4.78, 5) is 19.7. The van der Waals surface area contributed by atoms with E-state index in [1.807, 2.05) is 49.2 Å². The number of aromatic nitrogens is 3. The fourth-order valence-electron chi connectivity index (χ4n) is 3.64. The Morgan fingerprint density at radius 3 is 2.85 bits per heavy atom. The van der Waals surface area contributed by atoms with E-state index in [0.717, 1.165) is 40.7 Å². The molecule has 0 aliphatic heterocycles. The number of aromatic hydroxyl groups is 1. The van der Waals surface area contributed by atoms with Gasteiger partial charge in [-0.15, -0.1) is 11.3 Å². The Hall–Kier alpha value is -3.95. The summed E-state index contributed by atoms with van der Waals surface area (Å²) in [5.41, 5.74) is 4.22. The first-order valence-electron chi connectivity index (χ1n) is 10.7. The Kier molecular flexibility index (Phi) is 5.87. The Bertz CT molecular complexity index is 1450. The predicted molar refractivity (Wildman–Crippen MR) is 133 cm³/mol. The third-order valence-electron chi connectivity index (χ3n) is 5.38. The summed E-state index contributed by atoms with van der Waals surface area (Å²) in [6.45, 7) is 1.64. The minimum Gasteiger partial charge on any atom is -0.508 e. The van der Waals surface area contributed by atoms with Gasteiger partial charge in [0, 0.05) is 45.9 Å². The van der Waals surface area contributed by atoms with Crippen molar-refractivity contribution in [3.8, 4) is 27.4 Å². The zero-order chi connectivity index (χ0) is 23.7. The number of nitrogens with zero attached hydrogens (tertiary/aromatic N) is 4. The summed E-state index contributed by atoms with van der Waals surface area (Å²) in [7, 11) is 4.05. The first kappa shape index (κ1) is 21.9. The maximum Gasteiger partial charge on any atom is 0.275 e. The molecule has 0 radical (unpaired) electrons. The molecule has 0 spiro atoms. The van der Waals surface area contributed by atoms with Crippen molar-refractivity contribution in [2.75, 3.05) is 26.0 Å². The van der Waals surface area contributed by atoms with Gasteiger partial charge in [-0.25, -0.2) is 4.98 Å². The van der Waals surface area contributed by atoms with Gasteiger partial charge in [-0.1, -0.05) is 12.1 Å². The molecule has 34 heavy (non-hydrogen) atoms. The molecular weight excluding hydrogens is 450 g/mol. The van der Waals surface area contributed by atoms with E-state index in [4.69, 9.17) is 9.52 Å². The second-order valence-corrected chi connectivity index (χ2v) is 9.06. The number of phenolic OH excluding ortho intramolecular Hbond substituents is 1. The molecule has 3 aromatic heterocycles. The molecule has 0 fully saturated rings. The molecule has 0 aliphatic carbocycles. The molecule has 5 rings (SSSR count). The quantitative estimate of drug-likeness (QED) is 0.348. The zero-order valence-corrected chi connectivity index (χ0v) is 19.5. The van der Waals surface area contributed by atoms with Crippen molar-refractivity contribution >= 4 is 33.8 Å². The summed E-state index contributed by atoms with van der Waals surface area (Å²) in [5, 5.41) is 20.7. The third-order valence-corrected chi connectivity index (χ3v) is 6.27. The first-order valence-corrected chi connectivity index (χ1v) is 11.6. The smallest absolute Gasteiger partial charge is 0.275 e. The summed E-state index contributed by atoms with van der Waals surface area (Å²) in [6, 6.07) is 12.6. The molecule has 0 bridgehead atoms. The highest BCUT2D eigenvalue weighted by molar-refractivity contribution is 7.13. The fourth-order valence-corrected chi connectivity index (χ4v) is 4.43. The van der Waals surface area contributed by atoms with Crippen molar-refractivity contribution in [1.29, 1.82) is 0 Å². The second kappa shape index (κ2) is 9.12. The Labute approximate surface area is 200 Å². The van der Waals surface area contributed by atoms with Crippen molar-refractivity contribution in [3.63, 3.8) is 0 Å². The van der Waals surface area contributed by atoms with E-state index in [2.05, 4.69) is 15.2 Å². The average Bonchev–Trinajstić information content (AvgIpc) is 3.57. The van der Waals surface area contributed by atoms with Gasteiger partial charge >= 0.3 is 0 Å². The van der Waals surface area contributed by atoms with E-state index in [0.29, 0.717) is 16.4 Å². The maximum absolute atomic E-state index is 13.1. The van der Waals surface area contributed by atoms with Crippen LogP contribution in [0.5, 0.6) is 5.75 Å². The zero-order valence-electron chi connectivity index (χ0n) is 18.7. The normalized spacial score (nSPS) is 11.4. The van der Waals surface area contributed by atoms with Gasteiger partial charge in [-0.2, -0.15) is 5.10 Å². The van der Waals surface area contributed by atoms with Crippen LogP contribution in [0, 0.1) is 0 Å². The van der Waals surface area contributed by atoms with Crippen LogP contribution in [0.4, 0.5) is 5.69 Å². The molecule has 3 heterocycles. The SMILES string of the molecule is CN(C)CCn1cc2cc(NC(=O)c3csc(-c4cccc(O)c4)n3)c(-c3ccoc3)cc2n1. The number of fused-ring (bicyclic) bond motifs is 1. The summed E-state index contributed by atoms with van der Waals surface area (Å²) in [6.07, 6.45) is 5.22. The number of anilines is 1. The number of hydrogen-bond acceptors (Lipinski definition) is 7. The molecule has 0 saturated heterocycles. The van der Waals surface area contributed by atoms with Crippen LogP contribution in [0.15, 0.2) is 71.0 Å². The molecule has 2 aromatic carbocycles. The van der Waals surface area contributed by atoms with Crippen LogP contribution in [0.3, 0.4) is 0 Å². The lowest BCUT2D eigenvalue weighted by molar-refractivity contribution is 0.102. The van der Waals surface area contributed by atoms with Crippen LogP contribution in [-0.4, -0.2) is 51.3 Å². The minimum atomic E-state index is -0.313. The molecule has 0 saturated carbocycles. The number of amides is 1. The van der Waals surface area contributed by atoms with Gasteiger partial charge in [0.1, 0.15) is 16.5 Å². The van der Waals surface area contributed by atoms with Crippen LogP contribution < -0.4 is 5.32 Å². The Morgan fingerprint density at radius 1 is 1.21 bits per heavy atom. The van der Waals surface area contributed by atoms with E-state index in [9.17, 15) is 9.90 Å². The van der Waals surface area contributed by atoms with E-state index in [1.165, 1.54) is 11.3 Å². The number of likely N-dealkylation sites (N-methyl/N-ethyl adjacent to an activating group) is 1. The van der Waals surface area contributed by atoms with Crippen LogP contribution in [-0.2, 0) is 6.54 Å². The lowest BCUT2D eigenvalue weighted by Crippen LogP contribution is -2.18. The average molecular weight is 474 g/mol. The number of benzene rings is 2. The van der Waals surface area contributed by atoms with Crippen LogP contribution >= 0.6 is 11.3 Å². The van der Waals surface area contributed by atoms with Crippen molar-refractivity contribution in [2.24, 2.45) is 0 Å². The van der Waals surface area contributed by atoms with E-state index < -0.39 is 0 Å². The first-order chi connectivity index (χ1) is 16.5. The Balaban J connectivity index is 1.46. The monoisotopic (exact) mass is 473 g/mol. The van der Waals surface area contributed by atoms with Gasteiger partial charge in [0.15, 0.2) is 0 Å². The largest absolute Gasteiger partial charge is 0.508 e. The van der Waals surface area contributed by atoms with Crippen molar-refractivity contribution < 1.29 is 14.3 Å². The number of nitrogens with one attached hydrogen (secondary N) is 1. The molecule has 0 atom stereocenters. The topological polar surface area (TPSA) is 96.4 Å². The number of carbonyl (C=O) groups excluding carboxylic acids is 1. The molecule has 1 amide bonds. The van der Waals surface area contributed by atoms with Crippen LogP contribution in [0.2, 0.25) is 0 Å². The molecule has 0 unspecified atom stereocenters. The van der Waals surface area contributed by atoms with E-state index >= 15 is 0 Å². The molecule has 8 nitrogen and oxygen atoms in total. The van der Waals surface area contributed by atoms with Gasteiger partial charge < -0.3 is 19.7 Å². The number of thiazole rings is 1. The second-order valence-electron chi connectivity index (χ2n) is 8.21. The van der Waals surface area contributed by atoms with Gasteiger partial charge in [-0.3, -0.25) is 9.48 Å². The van der Waals surface area contributed by atoms with Gasteiger partial charge in [0.05, 0.1) is 24.6 Å². The number of furan rings is 1. The van der Waals surface area contributed by atoms with Crippen molar-refractivity contribution in [1.82, 2.24) is 19.7 Å². The summed E-state index contributed by atoms with van der Waals surface area (Å²) < 4.78 is 7.20. The van der Waals surface area contributed by atoms with E-state index in [1.54, 1.807) is 36.1 Å². The summed E-state index contributed by atoms with van der Waals surface area (Å²) in [5.74, 6) is -0.158. The van der Waals surface area contributed by atoms with Gasteiger partial charge in [0.25, 0.3) is 5.91 Å². The lowest BCUT2D eigenvalue weighted by Gasteiger charge is -2.09. The van der Waals surface area contributed by atoms with E-state index in [-0.39, 0.29) is 11.7 Å². The number of rotatable bonds is 7. The maximum atomic E-state index is 13.1. The molecule has 5 aromatic rings. The molecule has 9 heteroatoms. The van der Waals surface area contributed by atoms with Gasteiger partial charge in [-0.05, 0) is 44.4 Å². The highest BCUT2D eigenvalue weighted by Gasteiger charge is 2.17. The number of hydrogen-bond donors (Lipinski definition) is 2. The molecule has 0 aliphatic rings. The number of phenols is 1. The number of carbonyl (C=O) groups is 1. The predicted octanol–water partition coefficient (Wildman–Crippen LogP) is 4.94. The molecular formula is C25H23N5O3S. The van der Waals surface area contributed by atoms with Crippen LogP contribution in [0.25, 0.3) is 32.6 Å². The Morgan fingerprint density at radius 2 is 2.09 bits per heavy atom. The highest BCUT2D eigenvalue weighted by atomic mass is 32.1. The van der Waals surface area contributed by atoms with Crippen LogP contribution in [0.1, 0.15) is 10.5 Å². The van der Waals surface area contributed by atoms with Gasteiger partial charge in [0.2, 0.25) is 0 Å². The third kappa shape index (κ3) is 4.57. The van der Waals surface area contributed by atoms with Crippen molar-refractivity contribution in [3.05, 3.63) is 72.3 Å². The molecule has 2 N–H and O–H groups in total. The standard InChI is InChI=1S/C25H23N5O3S/c1-29(2)7-8-30-13-18-11-22(20(12-21(18)28-30)17-6-9-33-14-17)26-24(32)23-15-34-25(27-23)16-4-3-5-19(31)10-16/h3-6,9-15,31H,7-8H2,1-2H3,(H,26,32). The molecule has 172 valence electrons.